The van der Waals surface area contributed by atoms with Crippen molar-refractivity contribution in [3.05, 3.63) is 59.1 Å². The molecule has 36 heavy (non-hydrogen) atoms. The normalized spacial score (nSPS) is 15.2. The van der Waals surface area contributed by atoms with Gasteiger partial charge >= 0.3 is 0 Å². The zero-order valence-corrected chi connectivity index (χ0v) is 22.1. The Morgan fingerprint density at radius 3 is 2.36 bits per heavy atom. The number of carbonyl (C=O) groups excluding carboxylic acids is 2. The van der Waals surface area contributed by atoms with Crippen molar-refractivity contribution in [1.82, 2.24) is 14.5 Å². The third-order valence-electron chi connectivity index (χ3n) is 5.78. The van der Waals surface area contributed by atoms with Crippen molar-refractivity contribution in [3.8, 4) is 5.75 Å². The summed E-state index contributed by atoms with van der Waals surface area (Å²) in [5.74, 6) is -0.287. The van der Waals surface area contributed by atoms with E-state index in [0.717, 1.165) is 12.0 Å². The molecule has 2 aromatic carbocycles. The molecule has 1 N–H and O–H groups in total. The average molecular weight is 538 g/mol. The number of hydrogen-bond donors (Lipinski definition) is 1. The van der Waals surface area contributed by atoms with Crippen molar-refractivity contribution < 1.29 is 27.5 Å². The zero-order chi connectivity index (χ0) is 26.1. The summed E-state index contributed by atoms with van der Waals surface area (Å²) in [4.78, 5) is 27.3. The number of benzene rings is 2. The Balaban J connectivity index is 1.67. The van der Waals surface area contributed by atoms with Gasteiger partial charge in [-0.1, -0.05) is 30.7 Å². The molecule has 0 bridgehead atoms. The molecule has 1 atom stereocenters. The highest BCUT2D eigenvalue weighted by Gasteiger charge is 2.28. The second-order valence-corrected chi connectivity index (χ2v) is 10.8. The van der Waals surface area contributed by atoms with Crippen LogP contribution in [0.15, 0.2) is 53.4 Å². The molecule has 2 aromatic rings. The second kappa shape index (κ2) is 13.0. The van der Waals surface area contributed by atoms with Crippen molar-refractivity contribution in [2.24, 2.45) is 0 Å². The summed E-state index contributed by atoms with van der Waals surface area (Å²) >= 11 is 5.97. The minimum Gasteiger partial charge on any atom is -0.484 e. The van der Waals surface area contributed by atoms with Gasteiger partial charge in [-0.25, -0.2) is 8.42 Å². The van der Waals surface area contributed by atoms with Gasteiger partial charge in [-0.2, -0.15) is 4.31 Å². The van der Waals surface area contributed by atoms with Crippen LogP contribution < -0.4 is 10.1 Å². The van der Waals surface area contributed by atoms with Crippen molar-refractivity contribution >= 4 is 33.4 Å². The second-order valence-electron chi connectivity index (χ2n) is 8.39. The monoisotopic (exact) mass is 537 g/mol. The fourth-order valence-corrected chi connectivity index (χ4v) is 5.17. The van der Waals surface area contributed by atoms with Gasteiger partial charge in [0.2, 0.25) is 15.9 Å². The SMILES string of the molecule is CCCNC(=O)[C@H](C)N(Cc1ccc(Cl)cc1)C(=O)COc1ccc(S(=O)(=O)N2CCOCC2)cc1. The molecular formula is C25H32ClN3O6S. The highest BCUT2D eigenvalue weighted by molar-refractivity contribution is 7.89. The molecule has 196 valence electrons. The lowest BCUT2D eigenvalue weighted by molar-refractivity contribution is -0.142. The van der Waals surface area contributed by atoms with Gasteiger partial charge in [0.15, 0.2) is 6.61 Å². The van der Waals surface area contributed by atoms with E-state index in [1.807, 2.05) is 6.92 Å². The molecule has 11 heteroatoms. The van der Waals surface area contributed by atoms with Gasteiger partial charge in [0.05, 0.1) is 18.1 Å². The molecule has 0 saturated carbocycles. The van der Waals surface area contributed by atoms with E-state index in [1.165, 1.54) is 33.5 Å². The molecule has 1 fully saturated rings. The molecule has 1 aliphatic rings. The first-order chi connectivity index (χ1) is 17.2. The third-order valence-corrected chi connectivity index (χ3v) is 7.94. The fraction of sp³-hybridized carbons (Fsp3) is 0.440. The minimum atomic E-state index is -3.62. The molecule has 3 rings (SSSR count). The first-order valence-electron chi connectivity index (χ1n) is 11.8. The Bertz CT molecular complexity index is 1120. The van der Waals surface area contributed by atoms with E-state index < -0.39 is 16.1 Å². The Hall–Kier alpha value is -2.66. The number of sulfonamides is 1. The molecule has 1 saturated heterocycles. The molecule has 0 radical (unpaired) electrons. The summed E-state index contributed by atoms with van der Waals surface area (Å²) in [5.41, 5.74) is 0.820. The van der Waals surface area contributed by atoms with Crippen LogP contribution in [0, 0.1) is 0 Å². The summed E-state index contributed by atoms with van der Waals surface area (Å²) < 4.78 is 37.8. The first kappa shape index (κ1) is 27.9. The molecule has 0 aromatic heterocycles. The van der Waals surface area contributed by atoms with Crippen LogP contribution >= 0.6 is 11.6 Å². The smallest absolute Gasteiger partial charge is 0.261 e. The number of morpholine rings is 1. The van der Waals surface area contributed by atoms with E-state index in [2.05, 4.69) is 5.32 Å². The van der Waals surface area contributed by atoms with Gasteiger partial charge in [0.25, 0.3) is 5.91 Å². The van der Waals surface area contributed by atoms with E-state index in [-0.39, 0.29) is 29.9 Å². The van der Waals surface area contributed by atoms with E-state index in [9.17, 15) is 18.0 Å². The number of amides is 2. The van der Waals surface area contributed by atoms with Crippen LogP contribution in [0.3, 0.4) is 0 Å². The van der Waals surface area contributed by atoms with E-state index >= 15 is 0 Å². The third kappa shape index (κ3) is 7.42. The van der Waals surface area contributed by atoms with Crippen LogP contribution in [0.4, 0.5) is 0 Å². The molecular weight excluding hydrogens is 506 g/mol. The molecule has 1 aliphatic heterocycles. The largest absolute Gasteiger partial charge is 0.484 e. The van der Waals surface area contributed by atoms with E-state index in [1.54, 1.807) is 31.2 Å². The number of rotatable bonds is 11. The predicted molar refractivity (Wildman–Crippen MR) is 136 cm³/mol. The summed E-state index contributed by atoms with van der Waals surface area (Å²) in [6.07, 6.45) is 0.782. The minimum absolute atomic E-state index is 0.147. The number of ether oxygens (including phenoxy) is 2. The summed E-state index contributed by atoms with van der Waals surface area (Å²) in [6.45, 7) is 5.38. The Labute approximate surface area is 217 Å². The number of nitrogens with one attached hydrogen (secondary N) is 1. The van der Waals surface area contributed by atoms with Crippen LogP contribution in [-0.2, 0) is 30.9 Å². The van der Waals surface area contributed by atoms with Gasteiger partial charge in [-0.3, -0.25) is 9.59 Å². The zero-order valence-electron chi connectivity index (χ0n) is 20.5. The van der Waals surface area contributed by atoms with Gasteiger partial charge in [0.1, 0.15) is 11.8 Å². The molecule has 0 unspecified atom stereocenters. The number of nitrogens with zero attached hydrogens (tertiary/aromatic N) is 2. The van der Waals surface area contributed by atoms with Crippen LogP contribution in [0.5, 0.6) is 5.75 Å². The maximum Gasteiger partial charge on any atom is 0.261 e. The average Bonchev–Trinajstić information content (AvgIpc) is 2.90. The lowest BCUT2D eigenvalue weighted by Gasteiger charge is -2.28. The maximum absolute atomic E-state index is 13.1. The number of carbonyl (C=O) groups is 2. The lowest BCUT2D eigenvalue weighted by Crippen LogP contribution is -2.49. The Kier molecular flexibility index (Phi) is 10.1. The van der Waals surface area contributed by atoms with Gasteiger partial charge < -0.3 is 19.7 Å². The highest BCUT2D eigenvalue weighted by Crippen LogP contribution is 2.21. The highest BCUT2D eigenvalue weighted by atomic mass is 35.5. The van der Waals surface area contributed by atoms with Crippen molar-refractivity contribution in [1.29, 1.82) is 0 Å². The first-order valence-corrected chi connectivity index (χ1v) is 13.7. The predicted octanol–water partition coefficient (Wildman–Crippen LogP) is 2.68. The molecule has 1 heterocycles. The van der Waals surface area contributed by atoms with Crippen molar-refractivity contribution in [3.63, 3.8) is 0 Å². The maximum atomic E-state index is 13.1. The van der Waals surface area contributed by atoms with Crippen LogP contribution in [0.2, 0.25) is 5.02 Å². The Morgan fingerprint density at radius 1 is 1.11 bits per heavy atom. The van der Waals surface area contributed by atoms with Gasteiger partial charge in [-0.05, 0) is 55.3 Å². The topological polar surface area (TPSA) is 105 Å². The summed E-state index contributed by atoms with van der Waals surface area (Å²) in [7, 11) is -3.62. The number of halogens is 1. The molecule has 0 spiro atoms. The summed E-state index contributed by atoms with van der Waals surface area (Å²) in [5, 5.41) is 3.40. The van der Waals surface area contributed by atoms with Crippen LogP contribution in [-0.4, -0.2) is 74.9 Å². The fourth-order valence-electron chi connectivity index (χ4n) is 3.64. The van der Waals surface area contributed by atoms with E-state index in [0.29, 0.717) is 43.6 Å². The quantitative estimate of drug-likeness (QED) is 0.472. The molecule has 9 nitrogen and oxygen atoms in total. The standard InChI is InChI=1S/C25H32ClN3O6S/c1-3-12-27-25(31)19(2)29(17-20-4-6-21(26)7-5-20)24(30)18-35-22-8-10-23(11-9-22)36(32,33)28-13-15-34-16-14-28/h4-11,19H,3,12-18H2,1-2H3,(H,27,31)/t19-/m0/s1. The van der Waals surface area contributed by atoms with Crippen molar-refractivity contribution in [2.75, 3.05) is 39.5 Å². The van der Waals surface area contributed by atoms with Crippen molar-refractivity contribution in [2.45, 2.75) is 37.8 Å². The Morgan fingerprint density at radius 2 is 1.75 bits per heavy atom. The van der Waals surface area contributed by atoms with E-state index in [4.69, 9.17) is 21.1 Å². The number of hydrogen-bond acceptors (Lipinski definition) is 6. The molecule has 2 amide bonds. The van der Waals surface area contributed by atoms with Gasteiger partial charge in [0, 0.05) is 31.2 Å². The molecule has 0 aliphatic carbocycles. The van der Waals surface area contributed by atoms with Crippen LogP contribution in [0.25, 0.3) is 0 Å². The van der Waals surface area contributed by atoms with Crippen LogP contribution in [0.1, 0.15) is 25.8 Å². The lowest BCUT2D eigenvalue weighted by atomic mass is 10.1. The summed E-state index contributed by atoms with van der Waals surface area (Å²) in [6, 6.07) is 12.3. The van der Waals surface area contributed by atoms with Gasteiger partial charge in [-0.15, -0.1) is 0 Å².